The van der Waals surface area contributed by atoms with Gasteiger partial charge in [-0.3, -0.25) is 9.59 Å². The molecular formula is C29H32ClF4N5O2. The van der Waals surface area contributed by atoms with Gasteiger partial charge in [-0.05, 0) is 62.8 Å². The summed E-state index contributed by atoms with van der Waals surface area (Å²) < 4.78 is 53.3. The molecule has 0 bridgehead atoms. The van der Waals surface area contributed by atoms with Crippen molar-refractivity contribution in [2.24, 2.45) is 11.8 Å². The monoisotopic (exact) mass is 593 g/mol. The molecule has 0 atom stereocenters. The molecule has 12 heteroatoms. The van der Waals surface area contributed by atoms with Gasteiger partial charge in [0.1, 0.15) is 11.5 Å². The number of alkyl halides is 3. The van der Waals surface area contributed by atoms with Gasteiger partial charge < -0.3 is 9.80 Å². The second kappa shape index (κ2) is 10.6. The van der Waals surface area contributed by atoms with E-state index in [0.29, 0.717) is 23.4 Å². The molecule has 0 unspecified atom stereocenters. The predicted molar refractivity (Wildman–Crippen MR) is 146 cm³/mol. The number of imidazole rings is 1. The van der Waals surface area contributed by atoms with Crippen molar-refractivity contribution in [3.8, 4) is 11.3 Å². The molecule has 1 aromatic carbocycles. The zero-order valence-corrected chi connectivity index (χ0v) is 24.1. The summed E-state index contributed by atoms with van der Waals surface area (Å²) >= 11 is 5.99. The molecular weight excluding hydrogens is 562 g/mol. The van der Waals surface area contributed by atoms with E-state index in [4.69, 9.17) is 11.6 Å². The Balaban J connectivity index is 1.34. The summed E-state index contributed by atoms with van der Waals surface area (Å²) in [5, 5.41) is 4.60. The number of piperazine rings is 1. The fourth-order valence-electron chi connectivity index (χ4n) is 5.87. The average Bonchev–Trinajstić information content (AvgIpc) is 3.29. The van der Waals surface area contributed by atoms with Gasteiger partial charge in [-0.15, -0.1) is 0 Å². The average molecular weight is 594 g/mol. The van der Waals surface area contributed by atoms with Gasteiger partial charge in [-0.1, -0.05) is 25.4 Å². The molecule has 2 amide bonds. The maximum Gasteiger partial charge on any atom is 0.389 e. The predicted octanol–water partition coefficient (Wildman–Crippen LogP) is 6.35. The van der Waals surface area contributed by atoms with E-state index >= 15 is 0 Å². The molecule has 220 valence electrons. The quantitative estimate of drug-likeness (QED) is 0.323. The highest BCUT2D eigenvalue weighted by molar-refractivity contribution is 6.31. The third kappa shape index (κ3) is 5.91. The largest absolute Gasteiger partial charge is 0.389 e. The van der Waals surface area contributed by atoms with Crippen LogP contribution < -0.4 is 0 Å². The van der Waals surface area contributed by atoms with Gasteiger partial charge in [-0.25, -0.2) is 13.9 Å². The number of fused-ring (bicyclic) bond motifs is 1. The third-order valence-electron chi connectivity index (χ3n) is 8.07. The minimum Gasteiger partial charge on any atom is -0.338 e. The number of rotatable bonds is 5. The number of carbonyl (C=O) groups excluding carboxylic acids is 2. The number of benzene rings is 1. The van der Waals surface area contributed by atoms with Crippen molar-refractivity contribution in [3.63, 3.8) is 0 Å². The van der Waals surface area contributed by atoms with Crippen LogP contribution in [0.2, 0.25) is 5.02 Å². The lowest BCUT2D eigenvalue weighted by atomic mass is 9.72. The first kappa shape index (κ1) is 29.3. The van der Waals surface area contributed by atoms with Gasteiger partial charge in [-0.2, -0.15) is 18.3 Å². The number of nitrogens with zero attached hydrogens (tertiary/aromatic N) is 5. The van der Waals surface area contributed by atoms with E-state index in [-0.39, 0.29) is 54.4 Å². The van der Waals surface area contributed by atoms with Gasteiger partial charge in [0.05, 0.1) is 22.5 Å². The van der Waals surface area contributed by atoms with E-state index in [1.54, 1.807) is 26.6 Å². The molecule has 0 spiro atoms. The van der Waals surface area contributed by atoms with Crippen molar-refractivity contribution < 1.29 is 27.2 Å². The van der Waals surface area contributed by atoms with E-state index in [0.717, 1.165) is 5.56 Å². The molecule has 2 fully saturated rings. The van der Waals surface area contributed by atoms with Crippen LogP contribution in [0.5, 0.6) is 0 Å². The maximum atomic E-state index is 13.7. The fraction of sp³-hybridized carbons (Fsp3) is 0.517. The number of hydrogen-bond acceptors (Lipinski definition) is 4. The number of halogens is 5. The van der Waals surface area contributed by atoms with Gasteiger partial charge in [0.2, 0.25) is 5.91 Å². The number of carbonyl (C=O) groups is 2. The van der Waals surface area contributed by atoms with Crippen molar-refractivity contribution in [2.75, 3.05) is 19.6 Å². The smallest absolute Gasteiger partial charge is 0.338 e. The van der Waals surface area contributed by atoms with Crippen LogP contribution in [0, 0.1) is 17.7 Å². The highest BCUT2D eigenvalue weighted by atomic mass is 35.5. The number of hydrogen-bond donors (Lipinski definition) is 0. The first-order valence-corrected chi connectivity index (χ1v) is 14.0. The van der Waals surface area contributed by atoms with Crippen LogP contribution in [0.1, 0.15) is 68.9 Å². The van der Waals surface area contributed by atoms with Crippen molar-refractivity contribution in [1.29, 1.82) is 0 Å². The molecule has 7 nitrogen and oxygen atoms in total. The minimum atomic E-state index is -4.22. The first-order chi connectivity index (χ1) is 19.1. The van der Waals surface area contributed by atoms with Crippen LogP contribution in [-0.4, -0.2) is 67.6 Å². The van der Waals surface area contributed by atoms with Crippen LogP contribution in [0.4, 0.5) is 17.6 Å². The Labute approximate surface area is 240 Å². The second-order valence-corrected chi connectivity index (χ2v) is 12.5. The molecule has 1 aliphatic carbocycles. The highest BCUT2D eigenvalue weighted by Gasteiger charge is 2.45. The van der Waals surface area contributed by atoms with E-state index in [2.05, 4.69) is 10.1 Å². The summed E-state index contributed by atoms with van der Waals surface area (Å²) in [4.78, 5) is 34.7. The molecule has 1 aliphatic heterocycles. The standard InChI is InChI=1S/C29H32ClF4N5O2/c1-16(2)20-12-23(18-5-6-22(31)21(30)11-18)36-39-14-24(35-25(20)39)27(41)38-8-7-37(15-28(38,3)4)26(40)19-9-17(10-19)13-29(32,33)34/h5-6,11-12,14,16-17,19H,7-10,13,15H2,1-4H3. The lowest BCUT2D eigenvalue weighted by Crippen LogP contribution is -2.63. The normalized spacial score (nSPS) is 20.9. The van der Waals surface area contributed by atoms with E-state index < -0.39 is 35.8 Å². The minimum absolute atomic E-state index is 0.0183. The maximum absolute atomic E-state index is 13.7. The van der Waals surface area contributed by atoms with Gasteiger partial charge in [0.15, 0.2) is 5.65 Å². The number of amides is 2. The number of aromatic nitrogens is 3. The van der Waals surface area contributed by atoms with E-state index in [1.807, 2.05) is 33.8 Å². The van der Waals surface area contributed by atoms with Crippen LogP contribution >= 0.6 is 11.6 Å². The van der Waals surface area contributed by atoms with Crippen molar-refractivity contribution in [3.05, 3.63) is 52.6 Å². The Kier molecular flexibility index (Phi) is 7.55. The third-order valence-corrected chi connectivity index (χ3v) is 8.36. The lowest BCUT2D eigenvalue weighted by molar-refractivity contribution is -0.162. The summed E-state index contributed by atoms with van der Waals surface area (Å²) in [5.74, 6) is -1.82. The zero-order valence-electron chi connectivity index (χ0n) is 23.3. The molecule has 5 rings (SSSR count). The molecule has 3 heterocycles. The van der Waals surface area contributed by atoms with Crippen molar-refractivity contribution in [2.45, 2.75) is 64.6 Å². The van der Waals surface area contributed by atoms with Gasteiger partial charge in [0.25, 0.3) is 5.91 Å². The van der Waals surface area contributed by atoms with Crippen LogP contribution in [-0.2, 0) is 4.79 Å². The van der Waals surface area contributed by atoms with Crippen LogP contribution in [0.25, 0.3) is 16.9 Å². The summed E-state index contributed by atoms with van der Waals surface area (Å²) in [6.45, 7) is 8.57. The Morgan fingerprint density at radius 1 is 1.15 bits per heavy atom. The Bertz CT molecular complexity index is 1500. The highest BCUT2D eigenvalue weighted by Crippen LogP contribution is 2.42. The van der Waals surface area contributed by atoms with E-state index in [9.17, 15) is 27.2 Å². The molecule has 0 N–H and O–H groups in total. The Morgan fingerprint density at radius 2 is 1.85 bits per heavy atom. The van der Waals surface area contributed by atoms with Crippen molar-refractivity contribution in [1.82, 2.24) is 24.4 Å². The summed E-state index contributed by atoms with van der Waals surface area (Å²) in [7, 11) is 0. The molecule has 41 heavy (non-hydrogen) atoms. The van der Waals surface area contributed by atoms with E-state index in [1.165, 1.54) is 12.1 Å². The Hall–Kier alpha value is -3.21. The molecule has 1 saturated heterocycles. The summed E-state index contributed by atoms with van der Waals surface area (Å²) in [6, 6.07) is 6.23. The van der Waals surface area contributed by atoms with Crippen molar-refractivity contribution >= 4 is 29.1 Å². The molecule has 2 aromatic heterocycles. The topological polar surface area (TPSA) is 70.8 Å². The Morgan fingerprint density at radius 3 is 2.46 bits per heavy atom. The SMILES string of the molecule is CC(C)c1cc(-c2ccc(F)c(Cl)c2)nn2cc(C(=O)N3CCN(C(=O)C4CC(CC(F)(F)F)C4)CC3(C)C)nc12. The summed E-state index contributed by atoms with van der Waals surface area (Å²) in [5.41, 5.74) is 2.05. The van der Waals surface area contributed by atoms with Crippen LogP contribution in [0.15, 0.2) is 30.5 Å². The van der Waals surface area contributed by atoms with Gasteiger partial charge in [0, 0.05) is 43.1 Å². The molecule has 0 radical (unpaired) electrons. The molecule has 3 aromatic rings. The first-order valence-electron chi connectivity index (χ1n) is 13.7. The van der Waals surface area contributed by atoms with Crippen LogP contribution in [0.3, 0.4) is 0 Å². The lowest BCUT2D eigenvalue weighted by Gasteiger charge is -2.48. The molecule has 1 saturated carbocycles. The van der Waals surface area contributed by atoms with Gasteiger partial charge >= 0.3 is 6.18 Å². The fourth-order valence-corrected chi connectivity index (χ4v) is 6.05. The summed E-state index contributed by atoms with van der Waals surface area (Å²) in [6.07, 6.45) is -3.00. The second-order valence-electron chi connectivity index (χ2n) is 12.0. The molecule has 2 aliphatic rings. The zero-order chi connectivity index (χ0) is 29.9.